The molecule has 1 aromatic carbocycles. The fourth-order valence-corrected chi connectivity index (χ4v) is 1.72. The number of aromatic amines is 2. The SMILES string of the molecule is O=C(O)c1cccc2[nH]c(-c3cn[nH]c3)nc12. The van der Waals surface area contributed by atoms with Crippen LogP contribution in [0.25, 0.3) is 22.4 Å². The Morgan fingerprint density at radius 3 is 2.94 bits per heavy atom. The molecule has 6 nitrogen and oxygen atoms in total. The van der Waals surface area contributed by atoms with Crippen molar-refractivity contribution in [3.05, 3.63) is 36.2 Å². The van der Waals surface area contributed by atoms with Gasteiger partial charge in [-0.2, -0.15) is 5.10 Å². The first kappa shape index (κ1) is 9.59. The van der Waals surface area contributed by atoms with Gasteiger partial charge in [-0.3, -0.25) is 5.10 Å². The van der Waals surface area contributed by atoms with Crippen LogP contribution in [0.5, 0.6) is 0 Å². The molecular formula is C11H8N4O2. The lowest BCUT2D eigenvalue weighted by atomic mass is 10.2. The lowest BCUT2D eigenvalue weighted by Gasteiger charge is -1.93. The maximum Gasteiger partial charge on any atom is 0.337 e. The molecule has 0 aliphatic heterocycles. The van der Waals surface area contributed by atoms with Gasteiger partial charge in [0.1, 0.15) is 11.3 Å². The first-order valence-electron chi connectivity index (χ1n) is 4.97. The molecule has 3 rings (SSSR count). The Labute approximate surface area is 95.3 Å². The number of aromatic nitrogens is 4. The zero-order valence-corrected chi connectivity index (χ0v) is 8.64. The van der Waals surface area contributed by atoms with Crippen LogP contribution in [0.3, 0.4) is 0 Å². The van der Waals surface area contributed by atoms with E-state index in [1.165, 1.54) is 6.07 Å². The lowest BCUT2D eigenvalue weighted by Crippen LogP contribution is -1.96. The lowest BCUT2D eigenvalue weighted by molar-refractivity contribution is 0.0699. The third kappa shape index (κ3) is 1.46. The third-order valence-electron chi connectivity index (χ3n) is 2.51. The molecule has 0 fully saturated rings. The molecule has 2 aromatic heterocycles. The Hall–Kier alpha value is -2.63. The molecule has 17 heavy (non-hydrogen) atoms. The highest BCUT2D eigenvalue weighted by Gasteiger charge is 2.13. The topological polar surface area (TPSA) is 94.7 Å². The van der Waals surface area contributed by atoms with Crippen molar-refractivity contribution in [3.8, 4) is 11.4 Å². The van der Waals surface area contributed by atoms with Crippen LogP contribution in [0, 0.1) is 0 Å². The van der Waals surface area contributed by atoms with Gasteiger partial charge < -0.3 is 10.1 Å². The molecule has 0 saturated carbocycles. The number of hydrogen-bond acceptors (Lipinski definition) is 3. The van der Waals surface area contributed by atoms with E-state index in [-0.39, 0.29) is 5.56 Å². The number of imidazole rings is 1. The van der Waals surface area contributed by atoms with Crippen molar-refractivity contribution < 1.29 is 9.90 Å². The third-order valence-corrected chi connectivity index (χ3v) is 2.51. The fourth-order valence-electron chi connectivity index (χ4n) is 1.72. The van der Waals surface area contributed by atoms with Crippen molar-refractivity contribution >= 4 is 17.0 Å². The quantitative estimate of drug-likeness (QED) is 0.621. The Kier molecular flexibility index (Phi) is 1.94. The Balaban J connectivity index is 2.26. The molecule has 3 N–H and O–H groups in total. The molecule has 0 bridgehead atoms. The van der Waals surface area contributed by atoms with Crippen LogP contribution >= 0.6 is 0 Å². The van der Waals surface area contributed by atoms with Gasteiger partial charge in [0.2, 0.25) is 0 Å². The first-order chi connectivity index (χ1) is 8.25. The van der Waals surface area contributed by atoms with Gasteiger partial charge in [0.25, 0.3) is 0 Å². The molecule has 2 heterocycles. The molecule has 0 atom stereocenters. The smallest absolute Gasteiger partial charge is 0.337 e. The Morgan fingerprint density at radius 1 is 1.35 bits per heavy atom. The maximum atomic E-state index is 11.0. The van der Waals surface area contributed by atoms with Crippen LogP contribution in [-0.2, 0) is 0 Å². The number of hydrogen-bond donors (Lipinski definition) is 3. The van der Waals surface area contributed by atoms with E-state index in [1.807, 2.05) is 0 Å². The van der Waals surface area contributed by atoms with E-state index in [2.05, 4.69) is 20.2 Å². The molecule has 0 amide bonds. The molecule has 0 aliphatic carbocycles. The Morgan fingerprint density at radius 2 is 2.24 bits per heavy atom. The number of aromatic carboxylic acids is 1. The summed E-state index contributed by atoms with van der Waals surface area (Å²) in [5, 5.41) is 15.6. The summed E-state index contributed by atoms with van der Waals surface area (Å²) in [5.41, 5.74) is 2.13. The van der Waals surface area contributed by atoms with Gasteiger partial charge in [0.15, 0.2) is 0 Å². The second-order valence-corrected chi connectivity index (χ2v) is 3.58. The fraction of sp³-hybridized carbons (Fsp3) is 0. The molecule has 6 heteroatoms. The molecular weight excluding hydrogens is 220 g/mol. The zero-order chi connectivity index (χ0) is 11.8. The van der Waals surface area contributed by atoms with Crippen molar-refractivity contribution in [2.75, 3.05) is 0 Å². The number of nitrogens with zero attached hydrogens (tertiary/aromatic N) is 2. The van der Waals surface area contributed by atoms with Crippen molar-refractivity contribution in [1.29, 1.82) is 0 Å². The predicted molar refractivity (Wildman–Crippen MR) is 60.6 cm³/mol. The number of carboxylic acid groups (broad SMARTS) is 1. The predicted octanol–water partition coefficient (Wildman–Crippen LogP) is 1.65. The van der Waals surface area contributed by atoms with E-state index in [4.69, 9.17) is 5.11 Å². The monoisotopic (exact) mass is 228 g/mol. The molecule has 0 unspecified atom stereocenters. The summed E-state index contributed by atoms with van der Waals surface area (Å²) >= 11 is 0. The summed E-state index contributed by atoms with van der Waals surface area (Å²) in [6.07, 6.45) is 3.32. The molecule has 84 valence electrons. The van der Waals surface area contributed by atoms with E-state index in [0.29, 0.717) is 16.9 Å². The molecule has 0 saturated heterocycles. The number of benzene rings is 1. The minimum atomic E-state index is -0.985. The number of rotatable bonds is 2. The van der Waals surface area contributed by atoms with Crippen LogP contribution in [0.2, 0.25) is 0 Å². The van der Waals surface area contributed by atoms with Gasteiger partial charge in [-0.1, -0.05) is 6.07 Å². The average Bonchev–Trinajstić information content (AvgIpc) is 2.96. The van der Waals surface area contributed by atoms with Crippen molar-refractivity contribution in [2.24, 2.45) is 0 Å². The minimum absolute atomic E-state index is 0.188. The number of carboxylic acids is 1. The zero-order valence-electron chi connectivity index (χ0n) is 8.64. The molecule has 0 radical (unpaired) electrons. The van der Waals surface area contributed by atoms with Gasteiger partial charge in [0, 0.05) is 6.20 Å². The highest BCUT2D eigenvalue weighted by Crippen LogP contribution is 2.21. The van der Waals surface area contributed by atoms with Gasteiger partial charge in [-0.05, 0) is 12.1 Å². The second-order valence-electron chi connectivity index (χ2n) is 3.58. The highest BCUT2D eigenvalue weighted by molar-refractivity contribution is 6.01. The largest absolute Gasteiger partial charge is 0.478 e. The molecule has 3 aromatic rings. The van der Waals surface area contributed by atoms with Gasteiger partial charge in [-0.25, -0.2) is 9.78 Å². The standard InChI is InChI=1S/C11H8N4O2/c16-11(17)7-2-1-3-8-9(7)15-10(14-8)6-4-12-13-5-6/h1-5H,(H,12,13)(H,14,15)(H,16,17). The summed E-state index contributed by atoms with van der Waals surface area (Å²) in [5.74, 6) is -0.386. The normalized spacial score (nSPS) is 10.8. The number of carbonyl (C=O) groups is 1. The summed E-state index contributed by atoms with van der Waals surface area (Å²) < 4.78 is 0. The Bertz CT molecular complexity index is 685. The van der Waals surface area contributed by atoms with Crippen molar-refractivity contribution in [3.63, 3.8) is 0 Å². The van der Waals surface area contributed by atoms with Gasteiger partial charge >= 0.3 is 5.97 Å². The van der Waals surface area contributed by atoms with E-state index in [0.717, 1.165) is 5.56 Å². The summed E-state index contributed by atoms with van der Waals surface area (Å²) in [4.78, 5) is 18.4. The van der Waals surface area contributed by atoms with E-state index in [1.54, 1.807) is 24.5 Å². The van der Waals surface area contributed by atoms with Crippen LogP contribution in [0.4, 0.5) is 0 Å². The van der Waals surface area contributed by atoms with Crippen LogP contribution < -0.4 is 0 Å². The van der Waals surface area contributed by atoms with Gasteiger partial charge in [-0.15, -0.1) is 0 Å². The van der Waals surface area contributed by atoms with Crippen molar-refractivity contribution in [1.82, 2.24) is 20.2 Å². The van der Waals surface area contributed by atoms with Crippen LogP contribution in [0.15, 0.2) is 30.6 Å². The van der Waals surface area contributed by atoms with Crippen LogP contribution in [0.1, 0.15) is 10.4 Å². The molecule has 0 spiro atoms. The maximum absolute atomic E-state index is 11.0. The van der Waals surface area contributed by atoms with Crippen molar-refractivity contribution in [2.45, 2.75) is 0 Å². The first-order valence-corrected chi connectivity index (χ1v) is 4.97. The minimum Gasteiger partial charge on any atom is -0.478 e. The van der Waals surface area contributed by atoms with E-state index in [9.17, 15) is 4.79 Å². The van der Waals surface area contributed by atoms with E-state index >= 15 is 0 Å². The molecule has 0 aliphatic rings. The summed E-state index contributed by atoms with van der Waals surface area (Å²) in [7, 11) is 0. The van der Waals surface area contributed by atoms with Gasteiger partial charge in [0.05, 0.1) is 22.8 Å². The van der Waals surface area contributed by atoms with Crippen LogP contribution in [-0.4, -0.2) is 31.2 Å². The number of nitrogens with one attached hydrogen (secondary N) is 2. The number of fused-ring (bicyclic) bond motifs is 1. The number of H-pyrrole nitrogens is 2. The summed E-state index contributed by atoms with van der Waals surface area (Å²) in [6.45, 7) is 0. The highest BCUT2D eigenvalue weighted by atomic mass is 16.4. The van der Waals surface area contributed by atoms with E-state index < -0.39 is 5.97 Å². The average molecular weight is 228 g/mol. The second kappa shape index (κ2) is 3.44. The summed E-state index contributed by atoms with van der Waals surface area (Å²) in [6, 6.07) is 5.01. The number of para-hydroxylation sites is 1.